The summed E-state index contributed by atoms with van der Waals surface area (Å²) in [6, 6.07) is 15.4. The van der Waals surface area contributed by atoms with Gasteiger partial charge in [0.25, 0.3) is 0 Å². The third-order valence-electron chi connectivity index (χ3n) is 4.58. The van der Waals surface area contributed by atoms with Crippen molar-refractivity contribution in [1.29, 1.82) is 0 Å². The number of hydrogen-bond acceptors (Lipinski definition) is 3. The number of ether oxygens (including phenoxy) is 2. The zero-order valence-corrected chi connectivity index (χ0v) is 13.5. The van der Waals surface area contributed by atoms with E-state index in [1.54, 1.807) is 14.2 Å². The molecule has 0 fully saturated rings. The van der Waals surface area contributed by atoms with E-state index in [-0.39, 0.29) is 0 Å². The fraction of sp³-hybridized carbons (Fsp3) is 0.368. The first kappa shape index (κ1) is 14.9. The fourth-order valence-corrected chi connectivity index (χ4v) is 3.18. The second kappa shape index (κ2) is 6.41. The van der Waals surface area contributed by atoms with Crippen molar-refractivity contribution < 1.29 is 9.47 Å². The van der Waals surface area contributed by atoms with Crippen LogP contribution in [0.15, 0.2) is 42.5 Å². The van der Waals surface area contributed by atoms with Gasteiger partial charge < -0.3 is 9.47 Å². The monoisotopic (exact) mass is 297 g/mol. The zero-order chi connectivity index (χ0) is 15.5. The highest BCUT2D eigenvalue weighted by Gasteiger charge is 2.23. The number of nitrogens with zero attached hydrogens (tertiary/aromatic N) is 1. The second-order valence-corrected chi connectivity index (χ2v) is 5.78. The van der Waals surface area contributed by atoms with Gasteiger partial charge in [-0.2, -0.15) is 0 Å². The molecule has 1 heterocycles. The molecule has 1 atom stereocenters. The predicted octanol–water partition coefficient (Wildman–Crippen LogP) is 3.82. The van der Waals surface area contributed by atoms with Gasteiger partial charge in [-0.3, -0.25) is 4.90 Å². The first-order valence-corrected chi connectivity index (χ1v) is 7.75. The molecule has 0 aliphatic carbocycles. The van der Waals surface area contributed by atoms with Crippen LogP contribution in [0.25, 0.3) is 0 Å². The van der Waals surface area contributed by atoms with Crippen molar-refractivity contribution in [1.82, 2.24) is 4.90 Å². The molecule has 0 spiro atoms. The Kier molecular flexibility index (Phi) is 4.34. The number of rotatable bonds is 4. The molecular weight excluding hydrogens is 274 g/mol. The van der Waals surface area contributed by atoms with Gasteiger partial charge in [0.1, 0.15) is 0 Å². The number of fused-ring (bicyclic) bond motifs is 1. The van der Waals surface area contributed by atoms with Gasteiger partial charge in [-0.15, -0.1) is 0 Å². The summed E-state index contributed by atoms with van der Waals surface area (Å²) in [6.45, 7) is 4.30. The fourth-order valence-electron chi connectivity index (χ4n) is 3.18. The van der Waals surface area contributed by atoms with Crippen LogP contribution in [-0.4, -0.2) is 25.7 Å². The molecule has 1 aliphatic rings. The first-order valence-electron chi connectivity index (χ1n) is 7.75. The van der Waals surface area contributed by atoms with E-state index >= 15 is 0 Å². The van der Waals surface area contributed by atoms with Crippen molar-refractivity contribution >= 4 is 0 Å². The van der Waals surface area contributed by atoms with Crippen LogP contribution in [0.4, 0.5) is 0 Å². The average molecular weight is 297 g/mol. The Morgan fingerprint density at radius 3 is 2.23 bits per heavy atom. The average Bonchev–Trinajstić information content (AvgIpc) is 2.60. The lowest BCUT2D eigenvalue weighted by molar-refractivity contribution is 0.191. The van der Waals surface area contributed by atoms with Crippen LogP contribution in [-0.2, 0) is 13.0 Å². The summed E-state index contributed by atoms with van der Waals surface area (Å²) in [4.78, 5) is 2.52. The van der Waals surface area contributed by atoms with Gasteiger partial charge >= 0.3 is 0 Å². The van der Waals surface area contributed by atoms with Crippen molar-refractivity contribution in [2.24, 2.45) is 0 Å². The number of benzene rings is 2. The molecule has 0 N–H and O–H groups in total. The molecule has 1 aliphatic heterocycles. The maximum absolute atomic E-state index is 5.44. The van der Waals surface area contributed by atoms with Gasteiger partial charge in [-0.1, -0.05) is 30.3 Å². The molecular formula is C19H23NO2. The smallest absolute Gasteiger partial charge is 0.161 e. The van der Waals surface area contributed by atoms with Crippen molar-refractivity contribution in [2.45, 2.75) is 25.9 Å². The maximum atomic E-state index is 5.44. The second-order valence-electron chi connectivity index (χ2n) is 5.78. The largest absolute Gasteiger partial charge is 0.493 e. The van der Waals surface area contributed by atoms with Crippen LogP contribution in [0.5, 0.6) is 11.5 Å². The van der Waals surface area contributed by atoms with Gasteiger partial charge in [0.15, 0.2) is 11.5 Å². The molecule has 3 rings (SSSR count). The summed E-state index contributed by atoms with van der Waals surface area (Å²) in [6.07, 6.45) is 1.05. The molecule has 3 heteroatoms. The van der Waals surface area contributed by atoms with Gasteiger partial charge in [-0.25, -0.2) is 0 Å². The van der Waals surface area contributed by atoms with Crippen molar-refractivity contribution in [3.63, 3.8) is 0 Å². The highest BCUT2D eigenvalue weighted by molar-refractivity contribution is 5.48. The Bertz CT molecular complexity index is 639. The molecule has 2 aromatic rings. The van der Waals surface area contributed by atoms with E-state index in [0.29, 0.717) is 6.04 Å². The van der Waals surface area contributed by atoms with E-state index in [1.807, 2.05) is 0 Å². The van der Waals surface area contributed by atoms with Gasteiger partial charge in [0.2, 0.25) is 0 Å². The van der Waals surface area contributed by atoms with Crippen LogP contribution >= 0.6 is 0 Å². The van der Waals surface area contributed by atoms with E-state index in [0.717, 1.165) is 31.0 Å². The molecule has 22 heavy (non-hydrogen) atoms. The molecule has 0 saturated carbocycles. The van der Waals surface area contributed by atoms with E-state index in [1.165, 1.54) is 16.7 Å². The molecule has 2 aromatic carbocycles. The van der Waals surface area contributed by atoms with E-state index < -0.39 is 0 Å². The summed E-state index contributed by atoms with van der Waals surface area (Å²) in [7, 11) is 3.38. The predicted molar refractivity (Wildman–Crippen MR) is 88.5 cm³/mol. The molecule has 3 nitrogen and oxygen atoms in total. The molecule has 0 radical (unpaired) electrons. The Hall–Kier alpha value is -2.00. The number of methoxy groups -OCH3 is 2. The van der Waals surface area contributed by atoms with Crippen LogP contribution in [0.3, 0.4) is 0 Å². The summed E-state index contributed by atoms with van der Waals surface area (Å²) in [5.41, 5.74) is 4.08. The minimum atomic E-state index is 0.419. The highest BCUT2D eigenvalue weighted by Crippen LogP contribution is 2.35. The first-order chi connectivity index (χ1) is 10.7. The van der Waals surface area contributed by atoms with Crippen LogP contribution in [0.1, 0.15) is 29.7 Å². The third-order valence-corrected chi connectivity index (χ3v) is 4.58. The Balaban J connectivity index is 1.84. The summed E-state index contributed by atoms with van der Waals surface area (Å²) in [5.74, 6) is 1.64. The maximum Gasteiger partial charge on any atom is 0.161 e. The quantitative estimate of drug-likeness (QED) is 0.856. The Labute approximate surface area is 132 Å². The molecule has 0 unspecified atom stereocenters. The minimum Gasteiger partial charge on any atom is -0.493 e. The molecule has 0 saturated heterocycles. The SMILES string of the molecule is COc1cc2c(cc1OC)CN([C@H](C)c1ccccc1)CC2. The van der Waals surface area contributed by atoms with Crippen molar-refractivity contribution in [3.05, 3.63) is 59.2 Å². The normalized spacial score (nSPS) is 16.0. The summed E-state index contributed by atoms with van der Waals surface area (Å²) in [5, 5.41) is 0. The summed E-state index contributed by atoms with van der Waals surface area (Å²) >= 11 is 0. The van der Waals surface area contributed by atoms with Crippen LogP contribution in [0, 0.1) is 0 Å². The zero-order valence-electron chi connectivity index (χ0n) is 13.5. The Morgan fingerprint density at radius 2 is 1.59 bits per heavy atom. The Morgan fingerprint density at radius 1 is 0.955 bits per heavy atom. The van der Waals surface area contributed by atoms with E-state index in [2.05, 4.69) is 54.3 Å². The third kappa shape index (κ3) is 2.81. The summed E-state index contributed by atoms with van der Waals surface area (Å²) < 4.78 is 10.8. The molecule has 0 amide bonds. The molecule has 0 aromatic heterocycles. The van der Waals surface area contributed by atoms with Gasteiger partial charge in [0, 0.05) is 19.1 Å². The lowest BCUT2D eigenvalue weighted by Gasteiger charge is -2.34. The minimum absolute atomic E-state index is 0.419. The van der Waals surface area contributed by atoms with E-state index in [9.17, 15) is 0 Å². The van der Waals surface area contributed by atoms with Crippen molar-refractivity contribution in [3.8, 4) is 11.5 Å². The van der Waals surface area contributed by atoms with Gasteiger partial charge in [-0.05, 0) is 42.2 Å². The lowest BCUT2D eigenvalue weighted by Crippen LogP contribution is -2.32. The van der Waals surface area contributed by atoms with Crippen LogP contribution < -0.4 is 9.47 Å². The lowest BCUT2D eigenvalue weighted by atomic mass is 9.96. The topological polar surface area (TPSA) is 21.7 Å². The van der Waals surface area contributed by atoms with E-state index in [4.69, 9.17) is 9.47 Å². The van der Waals surface area contributed by atoms with Crippen LogP contribution in [0.2, 0.25) is 0 Å². The van der Waals surface area contributed by atoms with Crippen molar-refractivity contribution in [2.75, 3.05) is 20.8 Å². The number of hydrogen-bond donors (Lipinski definition) is 0. The standard InChI is InChI=1S/C19H23NO2/c1-14(15-7-5-4-6-8-15)20-10-9-16-11-18(21-2)19(22-3)12-17(16)13-20/h4-8,11-12,14H,9-10,13H2,1-3H3/t14-/m1/s1. The van der Waals surface area contributed by atoms with Gasteiger partial charge in [0.05, 0.1) is 14.2 Å². The molecule has 0 bridgehead atoms. The highest BCUT2D eigenvalue weighted by atomic mass is 16.5. The molecule has 116 valence electrons.